The molecule has 1 N–H and O–H groups in total. The van der Waals surface area contributed by atoms with E-state index in [1.807, 2.05) is 30.6 Å². The molecule has 124 valence electrons. The Morgan fingerprint density at radius 2 is 1.76 bits per heavy atom. The summed E-state index contributed by atoms with van der Waals surface area (Å²) >= 11 is 1.73. The molecule has 0 radical (unpaired) electrons. The highest BCUT2D eigenvalue weighted by Gasteiger charge is 2.18. The molecule has 4 aromatic rings. The summed E-state index contributed by atoms with van der Waals surface area (Å²) in [6.45, 7) is 2.18. The van der Waals surface area contributed by atoms with Gasteiger partial charge < -0.3 is 0 Å². The van der Waals surface area contributed by atoms with Gasteiger partial charge in [-0.2, -0.15) is 0 Å². The van der Waals surface area contributed by atoms with Crippen LogP contribution in [0.4, 0.5) is 0 Å². The summed E-state index contributed by atoms with van der Waals surface area (Å²) in [7, 11) is 0. The van der Waals surface area contributed by atoms with Crippen LogP contribution >= 0.6 is 11.3 Å². The number of thiophene rings is 1. The summed E-state index contributed by atoms with van der Waals surface area (Å²) < 4.78 is 1.22. The van der Waals surface area contributed by atoms with Crippen molar-refractivity contribution in [3.05, 3.63) is 95.3 Å². The second-order valence-electron chi connectivity index (χ2n) is 6.06. The molecule has 3 aromatic heterocycles. The highest BCUT2D eigenvalue weighted by atomic mass is 32.1. The van der Waals surface area contributed by atoms with E-state index in [1.165, 1.54) is 15.8 Å². The van der Waals surface area contributed by atoms with Crippen LogP contribution in [0, 0.1) is 0 Å². The molecule has 3 nitrogen and oxygen atoms in total. The molecule has 4 rings (SSSR count). The van der Waals surface area contributed by atoms with E-state index in [-0.39, 0.29) is 12.1 Å². The van der Waals surface area contributed by atoms with E-state index in [0.29, 0.717) is 0 Å². The average Bonchev–Trinajstić information content (AvgIpc) is 3.15. The van der Waals surface area contributed by atoms with E-state index < -0.39 is 0 Å². The van der Waals surface area contributed by atoms with Gasteiger partial charge in [-0.1, -0.05) is 36.4 Å². The Bertz CT molecular complexity index is 911. The topological polar surface area (TPSA) is 37.8 Å². The number of fused-ring (bicyclic) bond motifs is 1. The molecule has 0 aliphatic rings. The molecular weight excluding hydrogens is 326 g/mol. The number of nitrogens with zero attached hydrogens (tertiary/aromatic N) is 2. The minimum atomic E-state index is 0.0384. The quantitative estimate of drug-likeness (QED) is 0.545. The highest BCUT2D eigenvalue weighted by molar-refractivity contribution is 7.17. The molecule has 4 heteroatoms. The lowest BCUT2D eigenvalue weighted by Crippen LogP contribution is -2.26. The third-order valence-corrected chi connectivity index (χ3v) is 5.21. The van der Waals surface area contributed by atoms with Crippen molar-refractivity contribution in [3.63, 3.8) is 0 Å². The molecule has 1 aromatic carbocycles. The third-order valence-electron chi connectivity index (χ3n) is 4.36. The van der Waals surface area contributed by atoms with Crippen LogP contribution in [0.15, 0.2) is 78.4 Å². The summed E-state index contributed by atoms with van der Waals surface area (Å²) in [4.78, 5) is 9.14. The monoisotopic (exact) mass is 345 g/mol. The number of pyridine rings is 2. The fourth-order valence-corrected chi connectivity index (χ4v) is 3.78. The molecule has 3 heterocycles. The van der Waals surface area contributed by atoms with Gasteiger partial charge in [0.1, 0.15) is 0 Å². The minimum absolute atomic E-state index is 0.0384. The van der Waals surface area contributed by atoms with Crippen LogP contribution < -0.4 is 5.32 Å². The number of aromatic nitrogens is 2. The SMILES string of the molecule is CC(NC(c1ccccc1)c1ccccn1)c1cnc2ccsc2c1. The Morgan fingerprint density at radius 1 is 0.920 bits per heavy atom. The minimum Gasteiger partial charge on any atom is -0.298 e. The summed E-state index contributed by atoms with van der Waals surface area (Å²) in [6.07, 6.45) is 3.81. The Labute approximate surface area is 151 Å². The van der Waals surface area contributed by atoms with Gasteiger partial charge in [0.2, 0.25) is 0 Å². The number of nitrogens with one attached hydrogen (secondary N) is 1. The zero-order valence-electron chi connectivity index (χ0n) is 14.0. The average molecular weight is 345 g/mol. The second kappa shape index (κ2) is 7.13. The van der Waals surface area contributed by atoms with Crippen molar-refractivity contribution in [1.82, 2.24) is 15.3 Å². The van der Waals surface area contributed by atoms with Crippen LogP contribution in [0.2, 0.25) is 0 Å². The van der Waals surface area contributed by atoms with E-state index in [9.17, 15) is 0 Å². The summed E-state index contributed by atoms with van der Waals surface area (Å²) in [5, 5.41) is 5.81. The maximum Gasteiger partial charge on any atom is 0.0809 e. The number of hydrogen-bond acceptors (Lipinski definition) is 4. The van der Waals surface area contributed by atoms with Gasteiger partial charge in [0, 0.05) is 18.4 Å². The lowest BCUT2D eigenvalue weighted by atomic mass is 10.0. The first kappa shape index (κ1) is 15.9. The lowest BCUT2D eigenvalue weighted by Gasteiger charge is -2.23. The molecule has 2 atom stereocenters. The van der Waals surface area contributed by atoms with Gasteiger partial charge in [0.05, 0.1) is 22.0 Å². The smallest absolute Gasteiger partial charge is 0.0809 e. The van der Waals surface area contributed by atoms with Crippen LogP contribution in [0.5, 0.6) is 0 Å². The molecular formula is C21H19N3S. The van der Waals surface area contributed by atoms with Crippen LogP contribution in [0.25, 0.3) is 10.2 Å². The van der Waals surface area contributed by atoms with Crippen molar-refractivity contribution in [2.75, 3.05) is 0 Å². The molecule has 0 saturated heterocycles. The molecule has 2 unspecified atom stereocenters. The van der Waals surface area contributed by atoms with Crippen LogP contribution in [-0.4, -0.2) is 9.97 Å². The molecule has 0 bridgehead atoms. The Balaban J connectivity index is 1.65. The van der Waals surface area contributed by atoms with E-state index in [4.69, 9.17) is 0 Å². The fraction of sp³-hybridized carbons (Fsp3) is 0.143. The summed E-state index contributed by atoms with van der Waals surface area (Å²) in [5.41, 5.74) is 4.47. The van der Waals surface area contributed by atoms with Crippen LogP contribution in [-0.2, 0) is 0 Å². The third kappa shape index (κ3) is 3.45. The Hall–Kier alpha value is -2.56. The Kier molecular flexibility index (Phi) is 4.55. The predicted octanol–water partition coefficient (Wildman–Crippen LogP) is 5.13. The largest absolute Gasteiger partial charge is 0.298 e. The standard InChI is InChI=1S/C21H19N3S/c1-15(17-13-20-18(23-14-17)10-12-25-20)24-21(16-7-3-2-4-8-16)19-9-5-6-11-22-19/h2-15,21,24H,1H3. The van der Waals surface area contributed by atoms with Crippen molar-refractivity contribution in [2.45, 2.75) is 19.0 Å². The molecule has 0 fully saturated rings. The molecule has 0 saturated carbocycles. The lowest BCUT2D eigenvalue weighted by molar-refractivity contribution is 0.508. The zero-order valence-corrected chi connectivity index (χ0v) is 14.8. The Morgan fingerprint density at radius 3 is 2.56 bits per heavy atom. The number of rotatable bonds is 5. The van der Waals surface area contributed by atoms with Crippen molar-refractivity contribution in [1.29, 1.82) is 0 Å². The van der Waals surface area contributed by atoms with E-state index in [2.05, 4.69) is 70.1 Å². The summed E-state index contributed by atoms with van der Waals surface area (Å²) in [6, 6.07) is 21.0. The zero-order chi connectivity index (χ0) is 17.1. The maximum absolute atomic E-state index is 4.57. The normalized spacial score (nSPS) is 13.6. The van der Waals surface area contributed by atoms with E-state index >= 15 is 0 Å². The van der Waals surface area contributed by atoms with Gasteiger partial charge in [-0.15, -0.1) is 11.3 Å². The first-order valence-electron chi connectivity index (χ1n) is 8.36. The number of hydrogen-bond donors (Lipinski definition) is 1. The van der Waals surface area contributed by atoms with Gasteiger partial charge in [-0.25, -0.2) is 0 Å². The first-order chi connectivity index (χ1) is 12.3. The van der Waals surface area contributed by atoms with Gasteiger partial charge in [-0.3, -0.25) is 15.3 Å². The maximum atomic E-state index is 4.57. The van der Waals surface area contributed by atoms with Gasteiger partial charge in [0.15, 0.2) is 0 Å². The van der Waals surface area contributed by atoms with E-state index in [0.717, 1.165) is 11.2 Å². The van der Waals surface area contributed by atoms with E-state index in [1.54, 1.807) is 11.3 Å². The van der Waals surface area contributed by atoms with Gasteiger partial charge >= 0.3 is 0 Å². The van der Waals surface area contributed by atoms with Crippen LogP contribution in [0.3, 0.4) is 0 Å². The second-order valence-corrected chi connectivity index (χ2v) is 7.01. The van der Waals surface area contributed by atoms with Crippen molar-refractivity contribution in [3.8, 4) is 0 Å². The molecule has 0 aliphatic heterocycles. The first-order valence-corrected chi connectivity index (χ1v) is 9.24. The molecule has 0 spiro atoms. The van der Waals surface area contributed by atoms with Gasteiger partial charge in [-0.05, 0) is 47.7 Å². The van der Waals surface area contributed by atoms with Crippen molar-refractivity contribution in [2.24, 2.45) is 0 Å². The molecule has 0 aliphatic carbocycles. The van der Waals surface area contributed by atoms with Crippen LogP contribution in [0.1, 0.15) is 35.8 Å². The predicted molar refractivity (Wildman–Crippen MR) is 104 cm³/mol. The van der Waals surface area contributed by atoms with Crippen molar-refractivity contribution < 1.29 is 0 Å². The summed E-state index contributed by atoms with van der Waals surface area (Å²) in [5.74, 6) is 0. The van der Waals surface area contributed by atoms with Crippen molar-refractivity contribution >= 4 is 21.6 Å². The number of benzene rings is 1. The fourth-order valence-electron chi connectivity index (χ4n) is 2.99. The molecule has 0 amide bonds. The van der Waals surface area contributed by atoms with Gasteiger partial charge in [0.25, 0.3) is 0 Å². The highest BCUT2D eigenvalue weighted by Crippen LogP contribution is 2.27. The molecule has 25 heavy (non-hydrogen) atoms.